The minimum atomic E-state index is 0.870. The molecule has 82 valence electrons. The average molecular weight is 229 g/mol. The van der Waals surface area contributed by atoms with Crippen molar-refractivity contribution in [2.24, 2.45) is 0 Å². The predicted octanol–water partition coefficient (Wildman–Crippen LogP) is 4.36. The van der Waals surface area contributed by atoms with E-state index in [-0.39, 0.29) is 0 Å². The molecule has 0 bridgehead atoms. The molecule has 1 N–H and O–H groups in total. The number of hydrogen-bond acceptors (Lipinski definition) is 1. The molecule has 0 fully saturated rings. The van der Waals surface area contributed by atoms with Gasteiger partial charge in [-0.15, -0.1) is 0 Å². The van der Waals surface area contributed by atoms with Crippen molar-refractivity contribution >= 4 is 12.2 Å². The molecule has 1 aromatic carbocycles. The summed E-state index contributed by atoms with van der Waals surface area (Å²) in [4.78, 5) is 3.23. The SMILES string of the molecule is CCCc1cccc(-c2cc(=S)cc[nH]2)c1. The Balaban J connectivity index is 2.40. The van der Waals surface area contributed by atoms with Crippen LogP contribution in [0.4, 0.5) is 0 Å². The molecule has 2 aromatic rings. The van der Waals surface area contributed by atoms with E-state index in [1.165, 1.54) is 17.5 Å². The van der Waals surface area contributed by atoms with Crippen LogP contribution in [0, 0.1) is 4.51 Å². The third kappa shape index (κ3) is 2.58. The molecule has 1 heterocycles. The number of nitrogens with one attached hydrogen (secondary N) is 1. The van der Waals surface area contributed by atoms with Gasteiger partial charge < -0.3 is 4.98 Å². The maximum Gasteiger partial charge on any atom is 0.0467 e. The van der Waals surface area contributed by atoms with E-state index in [1.54, 1.807) is 0 Å². The van der Waals surface area contributed by atoms with Gasteiger partial charge >= 0.3 is 0 Å². The number of rotatable bonds is 3. The zero-order valence-corrected chi connectivity index (χ0v) is 10.2. The van der Waals surface area contributed by atoms with Crippen molar-refractivity contribution in [2.45, 2.75) is 19.8 Å². The lowest BCUT2D eigenvalue weighted by atomic mass is 10.0. The van der Waals surface area contributed by atoms with Crippen LogP contribution in [-0.4, -0.2) is 4.98 Å². The molecule has 0 atom stereocenters. The van der Waals surface area contributed by atoms with E-state index in [0.29, 0.717) is 0 Å². The zero-order chi connectivity index (χ0) is 11.4. The highest BCUT2D eigenvalue weighted by Gasteiger charge is 1.98. The van der Waals surface area contributed by atoms with Crippen LogP contribution in [0.3, 0.4) is 0 Å². The van der Waals surface area contributed by atoms with Gasteiger partial charge in [-0.3, -0.25) is 0 Å². The molecule has 0 amide bonds. The van der Waals surface area contributed by atoms with Crippen molar-refractivity contribution in [2.75, 3.05) is 0 Å². The van der Waals surface area contributed by atoms with Crippen LogP contribution < -0.4 is 0 Å². The molecule has 0 aliphatic heterocycles. The highest BCUT2D eigenvalue weighted by molar-refractivity contribution is 7.71. The van der Waals surface area contributed by atoms with E-state index in [9.17, 15) is 0 Å². The largest absolute Gasteiger partial charge is 0.361 e. The number of benzene rings is 1. The van der Waals surface area contributed by atoms with Crippen LogP contribution in [0.15, 0.2) is 42.6 Å². The fourth-order valence-electron chi connectivity index (χ4n) is 1.80. The quantitative estimate of drug-likeness (QED) is 0.773. The Morgan fingerprint density at radius 1 is 1.19 bits per heavy atom. The van der Waals surface area contributed by atoms with Crippen molar-refractivity contribution < 1.29 is 0 Å². The first-order chi connectivity index (χ1) is 7.79. The molecule has 1 aromatic heterocycles. The molecule has 0 saturated heterocycles. The summed E-state index contributed by atoms with van der Waals surface area (Å²) >= 11 is 5.16. The Hall–Kier alpha value is -1.41. The van der Waals surface area contributed by atoms with Gasteiger partial charge in [0.2, 0.25) is 0 Å². The topological polar surface area (TPSA) is 15.8 Å². The molecule has 1 nitrogen and oxygen atoms in total. The fourth-order valence-corrected chi connectivity index (χ4v) is 1.98. The Labute approximate surface area is 101 Å². The van der Waals surface area contributed by atoms with Crippen LogP contribution in [0.1, 0.15) is 18.9 Å². The summed E-state index contributed by atoms with van der Waals surface area (Å²) in [6.45, 7) is 2.20. The predicted molar refractivity (Wildman–Crippen MR) is 71.1 cm³/mol. The number of hydrogen-bond donors (Lipinski definition) is 1. The summed E-state index contributed by atoms with van der Waals surface area (Å²) in [5.41, 5.74) is 3.67. The molecule has 0 spiro atoms. The van der Waals surface area contributed by atoms with Crippen molar-refractivity contribution in [1.29, 1.82) is 0 Å². The van der Waals surface area contributed by atoms with Crippen LogP contribution in [0.2, 0.25) is 0 Å². The number of aromatic amines is 1. The minimum absolute atomic E-state index is 0.870. The normalized spacial score (nSPS) is 10.3. The summed E-state index contributed by atoms with van der Waals surface area (Å²) in [6, 6.07) is 12.5. The lowest BCUT2D eigenvalue weighted by Gasteiger charge is -2.04. The number of aromatic nitrogens is 1. The van der Waals surface area contributed by atoms with E-state index < -0.39 is 0 Å². The van der Waals surface area contributed by atoms with Crippen molar-refractivity contribution in [1.82, 2.24) is 4.98 Å². The van der Waals surface area contributed by atoms with Crippen molar-refractivity contribution in [3.63, 3.8) is 0 Å². The second-order valence-electron chi connectivity index (χ2n) is 3.89. The lowest BCUT2D eigenvalue weighted by molar-refractivity contribution is 0.922. The van der Waals surface area contributed by atoms with Gasteiger partial charge in [0.15, 0.2) is 0 Å². The van der Waals surface area contributed by atoms with Gasteiger partial charge in [-0.2, -0.15) is 0 Å². The molecule has 0 unspecified atom stereocenters. The average Bonchev–Trinajstić information content (AvgIpc) is 2.30. The Morgan fingerprint density at radius 2 is 2.06 bits per heavy atom. The van der Waals surface area contributed by atoms with Gasteiger partial charge in [-0.25, -0.2) is 0 Å². The fraction of sp³-hybridized carbons (Fsp3) is 0.214. The van der Waals surface area contributed by atoms with Gasteiger partial charge in [-0.05, 0) is 35.7 Å². The Bertz CT molecular complexity index is 528. The summed E-state index contributed by atoms with van der Waals surface area (Å²) in [6.07, 6.45) is 4.19. The highest BCUT2D eigenvalue weighted by Crippen LogP contribution is 2.18. The van der Waals surface area contributed by atoms with Gasteiger partial charge in [0.05, 0.1) is 0 Å². The van der Waals surface area contributed by atoms with E-state index >= 15 is 0 Å². The monoisotopic (exact) mass is 229 g/mol. The molecule has 0 aliphatic rings. The highest BCUT2D eigenvalue weighted by atomic mass is 32.1. The minimum Gasteiger partial charge on any atom is -0.361 e. The first kappa shape index (κ1) is 11.1. The molecule has 2 heteroatoms. The van der Waals surface area contributed by atoms with Crippen molar-refractivity contribution in [3.8, 4) is 11.3 Å². The van der Waals surface area contributed by atoms with E-state index in [1.807, 2.05) is 18.3 Å². The second-order valence-corrected chi connectivity index (χ2v) is 4.36. The molecule has 0 saturated carbocycles. The molecule has 0 radical (unpaired) electrons. The van der Waals surface area contributed by atoms with Crippen LogP contribution in [0.25, 0.3) is 11.3 Å². The standard InChI is InChI=1S/C14H15NS/c1-2-4-11-5-3-6-12(9-11)14-10-13(16)7-8-15-14/h3,5-10H,2,4H2,1H3,(H,15,16). The smallest absolute Gasteiger partial charge is 0.0467 e. The number of H-pyrrole nitrogens is 1. The second kappa shape index (κ2) is 5.08. The Kier molecular flexibility index (Phi) is 3.52. The summed E-state index contributed by atoms with van der Waals surface area (Å²) in [7, 11) is 0. The number of aryl methyl sites for hydroxylation is 1. The number of pyridine rings is 1. The third-order valence-electron chi connectivity index (χ3n) is 2.55. The first-order valence-electron chi connectivity index (χ1n) is 5.57. The lowest BCUT2D eigenvalue weighted by Crippen LogP contribution is -1.86. The van der Waals surface area contributed by atoms with E-state index in [2.05, 4.69) is 36.2 Å². The van der Waals surface area contributed by atoms with E-state index in [4.69, 9.17) is 12.2 Å². The van der Waals surface area contributed by atoms with Gasteiger partial charge in [-0.1, -0.05) is 43.8 Å². The summed E-state index contributed by atoms with van der Waals surface area (Å²) < 4.78 is 0.870. The van der Waals surface area contributed by atoms with Gasteiger partial charge in [0.1, 0.15) is 0 Å². The van der Waals surface area contributed by atoms with Crippen LogP contribution in [-0.2, 0) is 6.42 Å². The summed E-state index contributed by atoms with van der Waals surface area (Å²) in [5, 5.41) is 0. The maximum atomic E-state index is 5.16. The Morgan fingerprint density at radius 3 is 2.81 bits per heavy atom. The third-order valence-corrected chi connectivity index (χ3v) is 2.80. The van der Waals surface area contributed by atoms with Crippen molar-refractivity contribution in [3.05, 3.63) is 52.7 Å². The molecule has 0 aliphatic carbocycles. The molecular formula is C14H15NS. The summed E-state index contributed by atoms with van der Waals surface area (Å²) in [5.74, 6) is 0. The first-order valence-corrected chi connectivity index (χ1v) is 5.98. The maximum absolute atomic E-state index is 5.16. The van der Waals surface area contributed by atoms with Gasteiger partial charge in [0.25, 0.3) is 0 Å². The van der Waals surface area contributed by atoms with Crippen LogP contribution >= 0.6 is 12.2 Å². The molecule has 2 rings (SSSR count). The van der Waals surface area contributed by atoms with E-state index in [0.717, 1.165) is 16.6 Å². The molecular weight excluding hydrogens is 214 g/mol. The molecule has 16 heavy (non-hydrogen) atoms. The van der Waals surface area contributed by atoms with Crippen LogP contribution in [0.5, 0.6) is 0 Å². The zero-order valence-electron chi connectivity index (χ0n) is 9.36. The van der Waals surface area contributed by atoms with Gasteiger partial charge in [0, 0.05) is 16.4 Å².